The molecular weight excluding hydrogens is 347 g/mol. The Morgan fingerprint density at radius 3 is 2.38 bits per heavy atom. The molecule has 1 aliphatic heterocycles. The van der Waals surface area contributed by atoms with Crippen molar-refractivity contribution in [2.45, 2.75) is 19.5 Å². The molecule has 1 fully saturated rings. The second-order valence-electron chi connectivity index (χ2n) is 5.31. The maximum Gasteiger partial charge on any atom is 0.471 e. The number of halogens is 4. The molecule has 0 spiro atoms. The molecule has 0 unspecified atom stereocenters. The van der Waals surface area contributed by atoms with Gasteiger partial charge in [-0.3, -0.25) is 9.59 Å². The summed E-state index contributed by atoms with van der Waals surface area (Å²) in [6.07, 6.45) is -4.58. The van der Waals surface area contributed by atoms with Crippen LogP contribution in [0.3, 0.4) is 0 Å². The second kappa shape index (κ2) is 7.29. The van der Waals surface area contributed by atoms with E-state index in [2.05, 4.69) is 0 Å². The summed E-state index contributed by atoms with van der Waals surface area (Å²) in [5.41, 5.74) is 0.334. The number of para-hydroxylation sites is 1. The van der Waals surface area contributed by atoms with E-state index in [9.17, 15) is 22.8 Å². The number of carbonyl (C=O) groups is 2. The first-order chi connectivity index (χ1) is 11.2. The Morgan fingerprint density at radius 2 is 1.83 bits per heavy atom. The van der Waals surface area contributed by atoms with Crippen LogP contribution in [0, 0.1) is 0 Å². The van der Waals surface area contributed by atoms with Crippen LogP contribution in [-0.4, -0.2) is 49.1 Å². The highest BCUT2D eigenvalue weighted by atomic mass is 35.5. The molecule has 1 aliphatic rings. The van der Waals surface area contributed by atoms with Gasteiger partial charge in [0, 0.05) is 32.6 Å². The fourth-order valence-corrected chi connectivity index (χ4v) is 2.83. The number of nitrogens with one attached hydrogen (secondary N) is 1. The highest BCUT2D eigenvalue weighted by Gasteiger charge is 2.39. The number of anilines is 2. The van der Waals surface area contributed by atoms with Gasteiger partial charge in [0.25, 0.3) is 0 Å². The zero-order valence-corrected chi connectivity index (χ0v) is 13.7. The molecular formula is C15H17ClF3N3O2. The topological polar surface area (TPSA) is 52.7 Å². The number of amides is 2. The van der Waals surface area contributed by atoms with Gasteiger partial charge in [0.15, 0.2) is 0 Å². The van der Waals surface area contributed by atoms with Crippen LogP contribution < -0.4 is 10.2 Å². The molecule has 1 heterocycles. The Balaban J connectivity index is 2.19. The maximum absolute atomic E-state index is 12.5. The first-order valence-electron chi connectivity index (χ1n) is 7.43. The number of hydrogen-bond donors (Lipinski definition) is 1. The lowest BCUT2D eigenvalue weighted by Crippen LogP contribution is -2.49. The summed E-state index contributed by atoms with van der Waals surface area (Å²) in [6, 6.07) is 4.38. The van der Waals surface area contributed by atoms with Crippen LogP contribution in [0.25, 0.3) is 0 Å². The molecule has 132 valence electrons. The van der Waals surface area contributed by atoms with Crippen molar-refractivity contribution < 1.29 is 22.8 Å². The lowest BCUT2D eigenvalue weighted by molar-refractivity contribution is -0.167. The van der Waals surface area contributed by atoms with E-state index < -0.39 is 12.1 Å². The maximum atomic E-state index is 12.5. The molecule has 24 heavy (non-hydrogen) atoms. The smallest absolute Gasteiger partial charge is 0.365 e. The van der Waals surface area contributed by atoms with Gasteiger partial charge in [-0.15, -0.1) is 0 Å². The molecule has 0 atom stereocenters. The van der Waals surface area contributed by atoms with E-state index in [0.717, 1.165) is 0 Å². The van der Waals surface area contributed by atoms with Gasteiger partial charge in [0.2, 0.25) is 5.91 Å². The summed E-state index contributed by atoms with van der Waals surface area (Å²) in [5, 5.41) is 2.10. The third-order valence-corrected chi connectivity index (χ3v) is 4.05. The average Bonchev–Trinajstić information content (AvgIpc) is 2.53. The lowest BCUT2D eigenvalue weighted by Gasteiger charge is -2.37. The molecule has 0 aromatic heterocycles. The lowest BCUT2D eigenvalue weighted by atomic mass is 10.2. The second-order valence-corrected chi connectivity index (χ2v) is 5.72. The van der Waals surface area contributed by atoms with Gasteiger partial charge < -0.3 is 15.1 Å². The zero-order chi connectivity index (χ0) is 17.9. The SMILES string of the molecule is CCC(=O)N1CCN(c2c(Cl)cccc2NC(=O)C(F)(F)F)CC1. The third-order valence-electron chi connectivity index (χ3n) is 3.74. The van der Waals surface area contributed by atoms with Crippen molar-refractivity contribution in [3.05, 3.63) is 23.2 Å². The van der Waals surface area contributed by atoms with Gasteiger partial charge in [-0.25, -0.2) is 0 Å². The standard InChI is InChI=1S/C15H17ClF3N3O2/c1-2-12(23)21-6-8-22(9-7-21)13-10(16)4-3-5-11(13)20-14(24)15(17,18)19/h3-5H,2,6-9H2,1H3,(H,20,24). The van der Waals surface area contributed by atoms with Crippen molar-refractivity contribution in [2.75, 3.05) is 36.4 Å². The van der Waals surface area contributed by atoms with Gasteiger partial charge in [0.1, 0.15) is 0 Å². The van der Waals surface area contributed by atoms with Crippen molar-refractivity contribution in [1.29, 1.82) is 0 Å². The number of hydrogen-bond acceptors (Lipinski definition) is 3. The molecule has 0 saturated carbocycles. The molecule has 2 amide bonds. The summed E-state index contributed by atoms with van der Waals surface area (Å²) < 4.78 is 37.5. The molecule has 2 rings (SSSR count). The quantitative estimate of drug-likeness (QED) is 0.898. The minimum atomic E-state index is -4.98. The van der Waals surface area contributed by atoms with Crippen LogP contribution in [0.15, 0.2) is 18.2 Å². The first kappa shape index (κ1) is 18.4. The molecule has 0 aliphatic carbocycles. The van der Waals surface area contributed by atoms with Gasteiger partial charge in [-0.05, 0) is 12.1 Å². The predicted octanol–water partition coefficient (Wildman–Crippen LogP) is 2.90. The fourth-order valence-electron chi connectivity index (χ4n) is 2.53. The number of nitrogens with zero attached hydrogens (tertiary/aromatic N) is 2. The molecule has 5 nitrogen and oxygen atoms in total. The number of carbonyl (C=O) groups excluding carboxylic acids is 2. The minimum absolute atomic E-state index is 0.0000862. The van der Waals surface area contributed by atoms with Gasteiger partial charge in [-0.2, -0.15) is 13.2 Å². The van der Waals surface area contributed by atoms with Crippen LogP contribution in [0.2, 0.25) is 5.02 Å². The van der Waals surface area contributed by atoms with E-state index in [0.29, 0.717) is 38.3 Å². The van der Waals surface area contributed by atoms with Crippen LogP contribution in [-0.2, 0) is 9.59 Å². The molecule has 0 bridgehead atoms. The Labute approximate surface area is 142 Å². The Bertz CT molecular complexity index is 629. The molecule has 1 aromatic rings. The van der Waals surface area contributed by atoms with E-state index in [1.165, 1.54) is 12.1 Å². The van der Waals surface area contributed by atoms with Crippen molar-refractivity contribution in [1.82, 2.24) is 4.90 Å². The zero-order valence-electron chi connectivity index (χ0n) is 13.0. The number of benzene rings is 1. The van der Waals surface area contributed by atoms with Gasteiger partial charge >= 0.3 is 12.1 Å². The van der Waals surface area contributed by atoms with Crippen LogP contribution in [0.4, 0.5) is 24.5 Å². The van der Waals surface area contributed by atoms with Crippen LogP contribution in [0.1, 0.15) is 13.3 Å². The summed E-state index contributed by atoms with van der Waals surface area (Å²) in [7, 11) is 0. The third kappa shape index (κ3) is 4.11. The molecule has 1 aromatic carbocycles. The number of piperazine rings is 1. The molecule has 9 heteroatoms. The highest BCUT2D eigenvalue weighted by molar-refractivity contribution is 6.34. The van der Waals surface area contributed by atoms with Crippen molar-refractivity contribution in [3.63, 3.8) is 0 Å². The Hall–Kier alpha value is -1.96. The van der Waals surface area contributed by atoms with Crippen molar-refractivity contribution >= 4 is 34.8 Å². The molecule has 0 radical (unpaired) electrons. The largest absolute Gasteiger partial charge is 0.471 e. The number of rotatable bonds is 3. The van der Waals surface area contributed by atoms with E-state index in [1.807, 2.05) is 5.32 Å². The summed E-state index contributed by atoms with van der Waals surface area (Å²) >= 11 is 6.13. The Kier molecular flexibility index (Phi) is 5.58. The average molecular weight is 364 g/mol. The van der Waals surface area contributed by atoms with Crippen LogP contribution >= 0.6 is 11.6 Å². The molecule has 1 saturated heterocycles. The first-order valence-corrected chi connectivity index (χ1v) is 7.81. The van der Waals surface area contributed by atoms with E-state index >= 15 is 0 Å². The normalized spacial score (nSPS) is 15.4. The van der Waals surface area contributed by atoms with E-state index in [-0.39, 0.29) is 16.6 Å². The molecule has 1 N–H and O–H groups in total. The fraction of sp³-hybridized carbons (Fsp3) is 0.467. The minimum Gasteiger partial charge on any atom is -0.365 e. The summed E-state index contributed by atoms with van der Waals surface area (Å²) in [6.45, 7) is 3.51. The summed E-state index contributed by atoms with van der Waals surface area (Å²) in [5.74, 6) is -2.02. The van der Waals surface area contributed by atoms with Crippen molar-refractivity contribution in [3.8, 4) is 0 Å². The summed E-state index contributed by atoms with van der Waals surface area (Å²) in [4.78, 5) is 26.4. The highest BCUT2D eigenvalue weighted by Crippen LogP contribution is 2.35. The number of alkyl halides is 3. The van der Waals surface area contributed by atoms with Crippen LogP contribution in [0.5, 0.6) is 0 Å². The Morgan fingerprint density at radius 1 is 1.21 bits per heavy atom. The van der Waals surface area contributed by atoms with E-state index in [4.69, 9.17) is 11.6 Å². The van der Waals surface area contributed by atoms with Gasteiger partial charge in [-0.1, -0.05) is 24.6 Å². The van der Waals surface area contributed by atoms with E-state index in [1.54, 1.807) is 22.8 Å². The van der Waals surface area contributed by atoms with Crippen molar-refractivity contribution in [2.24, 2.45) is 0 Å². The predicted molar refractivity (Wildman–Crippen MR) is 85.2 cm³/mol. The monoisotopic (exact) mass is 363 g/mol. The van der Waals surface area contributed by atoms with Gasteiger partial charge in [0.05, 0.1) is 16.4 Å².